The molecule has 0 aliphatic rings. The summed E-state index contributed by atoms with van der Waals surface area (Å²) in [5.74, 6) is 0.698. The van der Waals surface area contributed by atoms with Crippen molar-refractivity contribution in [1.82, 2.24) is 14.8 Å². The van der Waals surface area contributed by atoms with Gasteiger partial charge in [-0.25, -0.2) is 8.42 Å². The molecule has 120 valence electrons. The molecule has 0 aliphatic carbocycles. The summed E-state index contributed by atoms with van der Waals surface area (Å²) in [6, 6.07) is 7.14. The predicted molar refractivity (Wildman–Crippen MR) is 87.0 cm³/mol. The van der Waals surface area contributed by atoms with E-state index in [2.05, 4.69) is 14.8 Å². The van der Waals surface area contributed by atoms with E-state index in [1.807, 2.05) is 6.07 Å². The number of benzene rings is 1. The molecule has 7 nitrogen and oxygen atoms in total. The Bertz CT molecular complexity index is 980. The maximum absolute atomic E-state index is 12.5. The largest absolute Gasteiger partial charge is 0.497 e. The van der Waals surface area contributed by atoms with Crippen molar-refractivity contribution in [2.24, 2.45) is 7.05 Å². The molecular weight excluding hydrogens is 316 g/mol. The van der Waals surface area contributed by atoms with Gasteiger partial charge in [0.15, 0.2) is 0 Å². The summed E-state index contributed by atoms with van der Waals surface area (Å²) in [6.07, 6.45) is 2.81. The Morgan fingerprint density at radius 3 is 2.65 bits per heavy atom. The topological polar surface area (TPSA) is 86.1 Å². The van der Waals surface area contributed by atoms with Crippen LogP contribution >= 0.6 is 0 Å². The van der Waals surface area contributed by atoms with Crippen LogP contribution in [0.15, 0.2) is 41.6 Å². The summed E-state index contributed by atoms with van der Waals surface area (Å²) >= 11 is 0. The molecule has 2 heterocycles. The van der Waals surface area contributed by atoms with Crippen molar-refractivity contribution in [1.29, 1.82) is 0 Å². The van der Waals surface area contributed by atoms with Gasteiger partial charge in [0.05, 0.1) is 36.4 Å². The van der Waals surface area contributed by atoms with Crippen LogP contribution in [0.2, 0.25) is 0 Å². The third-order valence-electron chi connectivity index (χ3n) is 3.62. The lowest BCUT2D eigenvalue weighted by molar-refractivity contribution is 0.415. The number of methoxy groups -OCH3 is 1. The van der Waals surface area contributed by atoms with Crippen molar-refractivity contribution in [2.45, 2.75) is 11.8 Å². The Morgan fingerprint density at radius 1 is 1.22 bits per heavy atom. The molecule has 0 fully saturated rings. The van der Waals surface area contributed by atoms with Crippen LogP contribution in [0, 0.1) is 6.92 Å². The fourth-order valence-electron chi connectivity index (χ4n) is 2.24. The van der Waals surface area contributed by atoms with E-state index in [1.165, 1.54) is 17.1 Å². The normalized spacial score (nSPS) is 11.6. The first kappa shape index (κ1) is 15.3. The zero-order valence-electron chi connectivity index (χ0n) is 12.9. The van der Waals surface area contributed by atoms with Crippen molar-refractivity contribution in [2.75, 3.05) is 11.8 Å². The fourth-order valence-corrected chi connectivity index (χ4v) is 3.48. The molecule has 0 bridgehead atoms. The third-order valence-corrected chi connectivity index (χ3v) is 5.11. The Kier molecular flexibility index (Phi) is 3.69. The molecule has 0 atom stereocenters. The number of aromatic nitrogens is 3. The summed E-state index contributed by atoms with van der Waals surface area (Å²) in [6.45, 7) is 1.70. The Hall–Kier alpha value is -2.61. The molecule has 3 rings (SSSR count). The molecule has 0 unspecified atom stereocenters. The van der Waals surface area contributed by atoms with Gasteiger partial charge in [0, 0.05) is 18.5 Å². The molecule has 0 radical (unpaired) electrons. The molecule has 0 amide bonds. The molecule has 0 saturated carbocycles. The van der Waals surface area contributed by atoms with Crippen molar-refractivity contribution in [3.63, 3.8) is 0 Å². The van der Waals surface area contributed by atoms with Crippen molar-refractivity contribution < 1.29 is 13.2 Å². The summed E-state index contributed by atoms with van der Waals surface area (Å²) in [5, 5.41) is 4.77. The lowest BCUT2D eigenvalue weighted by Gasteiger charge is -2.08. The summed E-state index contributed by atoms with van der Waals surface area (Å²) in [4.78, 5) is 4.42. The van der Waals surface area contributed by atoms with Crippen LogP contribution in [0.25, 0.3) is 10.9 Å². The predicted octanol–water partition coefficient (Wildman–Crippen LogP) is 2.09. The number of ether oxygens (including phenoxy) is 1. The van der Waals surface area contributed by atoms with E-state index in [9.17, 15) is 8.42 Å². The number of fused-ring (bicyclic) bond motifs is 1. The van der Waals surface area contributed by atoms with Crippen molar-refractivity contribution in [3.8, 4) is 5.75 Å². The van der Waals surface area contributed by atoms with Gasteiger partial charge >= 0.3 is 0 Å². The average Bonchev–Trinajstić information content (AvgIpc) is 2.86. The maximum Gasteiger partial charge on any atom is 0.265 e. The number of hydrogen-bond acceptors (Lipinski definition) is 5. The van der Waals surface area contributed by atoms with E-state index in [4.69, 9.17) is 4.74 Å². The van der Waals surface area contributed by atoms with E-state index in [1.54, 1.807) is 39.3 Å². The number of nitrogens with zero attached hydrogens (tertiary/aromatic N) is 3. The van der Waals surface area contributed by atoms with E-state index >= 15 is 0 Å². The van der Waals surface area contributed by atoms with Gasteiger partial charge in [-0.05, 0) is 25.1 Å². The van der Waals surface area contributed by atoms with Gasteiger partial charge < -0.3 is 4.74 Å². The monoisotopic (exact) mass is 332 g/mol. The molecule has 1 N–H and O–H groups in total. The van der Waals surface area contributed by atoms with Gasteiger partial charge in [0.1, 0.15) is 10.6 Å². The van der Waals surface area contributed by atoms with Gasteiger partial charge in [0.2, 0.25) is 0 Å². The SMILES string of the molecule is COc1ccc2cc(NS(=O)(=O)c3cnn(C)c3C)cnc2c1. The minimum atomic E-state index is -3.70. The molecular formula is C15H16N4O3S. The second-order valence-corrected chi connectivity index (χ2v) is 6.76. The van der Waals surface area contributed by atoms with Gasteiger partial charge in [-0.3, -0.25) is 14.4 Å². The molecule has 0 aliphatic heterocycles. The molecule has 2 aromatic heterocycles. The zero-order valence-corrected chi connectivity index (χ0v) is 13.8. The minimum Gasteiger partial charge on any atom is -0.497 e. The third kappa shape index (κ3) is 2.85. The highest BCUT2D eigenvalue weighted by Crippen LogP contribution is 2.23. The van der Waals surface area contributed by atoms with Gasteiger partial charge in [-0.15, -0.1) is 0 Å². The highest BCUT2D eigenvalue weighted by molar-refractivity contribution is 7.92. The van der Waals surface area contributed by atoms with E-state index in [0.29, 0.717) is 17.1 Å². The quantitative estimate of drug-likeness (QED) is 0.790. The zero-order chi connectivity index (χ0) is 16.6. The highest BCUT2D eigenvalue weighted by atomic mass is 32.2. The van der Waals surface area contributed by atoms with Crippen LogP contribution in [-0.2, 0) is 17.1 Å². The molecule has 3 aromatic rings. The lowest BCUT2D eigenvalue weighted by atomic mass is 10.2. The summed E-state index contributed by atoms with van der Waals surface area (Å²) in [7, 11) is -0.426. The van der Waals surface area contributed by atoms with Crippen LogP contribution in [0.5, 0.6) is 5.75 Å². The smallest absolute Gasteiger partial charge is 0.265 e. The van der Waals surface area contributed by atoms with E-state index < -0.39 is 10.0 Å². The number of nitrogens with one attached hydrogen (secondary N) is 1. The van der Waals surface area contributed by atoms with Crippen molar-refractivity contribution in [3.05, 3.63) is 42.4 Å². The Morgan fingerprint density at radius 2 is 2.00 bits per heavy atom. The second-order valence-electron chi connectivity index (χ2n) is 5.11. The molecule has 0 spiro atoms. The first-order valence-corrected chi connectivity index (χ1v) is 8.34. The van der Waals surface area contributed by atoms with Crippen molar-refractivity contribution >= 4 is 26.6 Å². The minimum absolute atomic E-state index is 0.148. The number of rotatable bonds is 4. The second kappa shape index (κ2) is 5.54. The number of anilines is 1. The van der Waals surface area contributed by atoms with Gasteiger partial charge in [-0.1, -0.05) is 0 Å². The molecule has 1 aromatic carbocycles. The number of pyridine rings is 1. The first-order valence-electron chi connectivity index (χ1n) is 6.86. The van der Waals surface area contributed by atoms with Crippen LogP contribution in [0.1, 0.15) is 5.69 Å². The number of hydrogen-bond donors (Lipinski definition) is 1. The average molecular weight is 332 g/mol. The van der Waals surface area contributed by atoms with Crippen LogP contribution in [-0.4, -0.2) is 30.3 Å². The van der Waals surface area contributed by atoms with E-state index in [0.717, 1.165) is 10.9 Å². The van der Waals surface area contributed by atoms with Crippen LogP contribution in [0.4, 0.5) is 5.69 Å². The molecule has 0 saturated heterocycles. The maximum atomic E-state index is 12.5. The summed E-state index contributed by atoms with van der Waals surface area (Å²) in [5.41, 5.74) is 1.69. The summed E-state index contributed by atoms with van der Waals surface area (Å²) < 4.78 is 34.1. The number of aryl methyl sites for hydroxylation is 1. The first-order chi connectivity index (χ1) is 10.9. The standard InChI is InChI=1S/C15H16N4O3S/c1-10-15(9-17-19(10)2)23(20,21)18-12-6-11-4-5-13(22-3)7-14(11)16-8-12/h4-9,18H,1-3H3. The fraction of sp³-hybridized carbons (Fsp3) is 0.200. The highest BCUT2D eigenvalue weighted by Gasteiger charge is 2.20. The van der Waals surface area contributed by atoms with Crippen LogP contribution < -0.4 is 9.46 Å². The lowest BCUT2D eigenvalue weighted by Crippen LogP contribution is -2.14. The van der Waals surface area contributed by atoms with Gasteiger partial charge in [-0.2, -0.15) is 5.10 Å². The number of sulfonamides is 1. The van der Waals surface area contributed by atoms with E-state index in [-0.39, 0.29) is 4.90 Å². The molecule has 23 heavy (non-hydrogen) atoms. The Labute approximate surface area is 134 Å². The van der Waals surface area contributed by atoms with Crippen LogP contribution in [0.3, 0.4) is 0 Å². The van der Waals surface area contributed by atoms with Gasteiger partial charge in [0.25, 0.3) is 10.0 Å². The Balaban J connectivity index is 1.96. The molecule has 8 heteroatoms.